The largest absolute Gasteiger partial charge is 0.332 e. The van der Waals surface area contributed by atoms with Crippen LogP contribution in [0, 0.1) is 11.8 Å². The molecule has 1 atom stereocenters. The van der Waals surface area contributed by atoms with Gasteiger partial charge in [0.2, 0.25) is 0 Å². The predicted molar refractivity (Wildman–Crippen MR) is 58.3 cm³/mol. The zero-order valence-electron chi connectivity index (χ0n) is 9.45. The van der Waals surface area contributed by atoms with Crippen molar-refractivity contribution in [3.63, 3.8) is 0 Å². The molecule has 78 valence electrons. The lowest BCUT2D eigenvalue weighted by Crippen LogP contribution is -2.24. The van der Waals surface area contributed by atoms with Gasteiger partial charge in [0.25, 0.3) is 0 Å². The molecule has 14 heavy (non-hydrogen) atoms. The first kappa shape index (κ1) is 9.75. The maximum atomic E-state index is 4.47. The quantitative estimate of drug-likeness (QED) is 0.704. The van der Waals surface area contributed by atoms with Crippen molar-refractivity contribution in [1.29, 1.82) is 0 Å². The van der Waals surface area contributed by atoms with Crippen LogP contribution in [0.5, 0.6) is 0 Å². The monoisotopic (exact) mass is 192 g/mol. The standard InChI is InChI=1S/C12H20N2/c1-4-12-13-7-11-6-5-10(9(2)3)8-14(11)12/h7,9-10H,4-6,8H2,1-3H3. The lowest BCUT2D eigenvalue weighted by molar-refractivity contribution is 0.281. The van der Waals surface area contributed by atoms with Crippen molar-refractivity contribution in [3.8, 4) is 0 Å². The highest BCUT2D eigenvalue weighted by molar-refractivity contribution is 5.08. The molecule has 2 heterocycles. The molecule has 0 amide bonds. The first-order valence-electron chi connectivity index (χ1n) is 5.75. The molecule has 0 spiro atoms. The Hall–Kier alpha value is -0.790. The second-order valence-corrected chi connectivity index (χ2v) is 4.67. The highest BCUT2D eigenvalue weighted by atomic mass is 15.1. The van der Waals surface area contributed by atoms with Gasteiger partial charge in [-0.05, 0) is 24.7 Å². The Balaban J connectivity index is 2.23. The molecule has 1 aromatic heterocycles. The zero-order chi connectivity index (χ0) is 10.1. The van der Waals surface area contributed by atoms with Crippen LogP contribution < -0.4 is 0 Å². The average Bonchev–Trinajstić information content (AvgIpc) is 2.59. The lowest BCUT2D eigenvalue weighted by Gasteiger charge is -2.28. The molecule has 0 fully saturated rings. The second-order valence-electron chi connectivity index (χ2n) is 4.67. The van der Waals surface area contributed by atoms with Crippen LogP contribution in [-0.4, -0.2) is 9.55 Å². The van der Waals surface area contributed by atoms with Crippen molar-refractivity contribution in [2.24, 2.45) is 11.8 Å². The molecule has 0 bridgehead atoms. The maximum Gasteiger partial charge on any atom is 0.108 e. The van der Waals surface area contributed by atoms with Gasteiger partial charge in [-0.2, -0.15) is 0 Å². The van der Waals surface area contributed by atoms with Crippen molar-refractivity contribution in [2.75, 3.05) is 0 Å². The van der Waals surface area contributed by atoms with Crippen LogP contribution in [0.1, 0.15) is 38.7 Å². The molecule has 1 aromatic rings. The van der Waals surface area contributed by atoms with Crippen LogP contribution >= 0.6 is 0 Å². The molecule has 2 rings (SSSR count). The summed E-state index contributed by atoms with van der Waals surface area (Å²) >= 11 is 0. The summed E-state index contributed by atoms with van der Waals surface area (Å²) in [5, 5.41) is 0. The molecule has 1 unspecified atom stereocenters. The summed E-state index contributed by atoms with van der Waals surface area (Å²) in [5.41, 5.74) is 1.44. The SMILES string of the molecule is CCc1ncc2n1CC(C(C)C)CC2. The molecule has 1 aliphatic heterocycles. The van der Waals surface area contributed by atoms with Gasteiger partial charge < -0.3 is 4.57 Å². The van der Waals surface area contributed by atoms with Crippen LogP contribution in [0.4, 0.5) is 0 Å². The van der Waals surface area contributed by atoms with Gasteiger partial charge in [-0.25, -0.2) is 4.98 Å². The lowest BCUT2D eigenvalue weighted by atomic mass is 9.88. The van der Waals surface area contributed by atoms with Crippen molar-refractivity contribution in [1.82, 2.24) is 9.55 Å². The molecule has 0 aromatic carbocycles. The van der Waals surface area contributed by atoms with E-state index in [-0.39, 0.29) is 0 Å². The predicted octanol–water partition coefficient (Wildman–Crippen LogP) is 2.66. The molecule has 2 heteroatoms. The highest BCUT2D eigenvalue weighted by Crippen LogP contribution is 2.26. The molecule has 2 nitrogen and oxygen atoms in total. The zero-order valence-corrected chi connectivity index (χ0v) is 9.45. The summed E-state index contributed by atoms with van der Waals surface area (Å²) in [6, 6.07) is 0. The smallest absolute Gasteiger partial charge is 0.108 e. The third-order valence-electron chi connectivity index (χ3n) is 3.47. The van der Waals surface area contributed by atoms with Crippen LogP contribution in [0.25, 0.3) is 0 Å². The Morgan fingerprint density at radius 1 is 1.57 bits per heavy atom. The fraction of sp³-hybridized carbons (Fsp3) is 0.750. The summed E-state index contributed by atoms with van der Waals surface area (Å²) in [4.78, 5) is 4.47. The highest BCUT2D eigenvalue weighted by Gasteiger charge is 2.22. The number of fused-ring (bicyclic) bond motifs is 1. The molecular formula is C12H20N2. The Bertz CT molecular complexity index is 299. The number of aryl methyl sites for hydroxylation is 2. The normalized spacial score (nSPS) is 21.3. The molecular weight excluding hydrogens is 172 g/mol. The van der Waals surface area contributed by atoms with Crippen molar-refractivity contribution in [2.45, 2.75) is 46.6 Å². The first-order chi connectivity index (χ1) is 6.72. The number of hydrogen-bond acceptors (Lipinski definition) is 1. The Morgan fingerprint density at radius 2 is 2.36 bits per heavy atom. The van der Waals surface area contributed by atoms with Crippen molar-refractivity contribution in [3.05, 3.63) is 17.7 Å². The maximum absolute atomic E-state index is 4.47. The summed E-state index contributed by atoms with van der Waals surface area (Å²) in [5.74, 6) is 2.92. The number of hydrogen-bond donors (Lipinski definition) is 0. The third kappa shape index (κ3) is 1.58. The van der Waals surface area contributed by atoms with E-state index in [0.29, 0.717) is 0 Å². The molecule has 0 saturated heterocycles. The van der Waals surface area contributed by atoms with Crippen molar-refractivity contribution >= 4 is 0 Å². The number of rotatable bonds is 2. The molecule has 0 N–H and O–H groups in total. The van der Waals surface area contributed by atoms with Gasteiger partial charge in [0.15, 0.2) is 0 Å². The van der Waals surface area contributed by atoms with E-state index in [1.54, 1.807) is 0 Å². The van der Waals surface area contributed by atoms with E-state index in [4.69, 9.17) is 0 Å². The van der Waals surface area contributed by atoms with E-state index >= 15 is 0 Å². The van der Waals surface area contributed by atoms with E-state index in [1.165, 1.54) is 30.9 Å². The van der Waals surface area contributed by atoms with Gasteiger partial charge in [-0.3, -0.25) is 0 Å². The summed E-state index contributed by atoms with van der Waals surface area (Å²) in [6.45, 7) is 8.04. The third-order valence-corrected chi connectivity index (χ3v) is 3.47. The van der Waals surface area contributed by atoms with Gasteiger partial charge in [-0.1, -0.05) is 20.8 Å². The van der Waals surface area contributed by atoms with Crippen LogP contribution in [0.15, 0.2) is 6.20 Å². The summed E-state index contributed by atoms with van der Waals surface area (Å²) < 4.78 is 2.44. The van der Waals surface area contributed by atoms with E-state index in [0.717, 1.165) is 18.3 Å². The number of aromatic nitrogens is 2. The van der Waals surface area contributed by atoms with Gasteiger partial charge in [0.1, 0.15) is 5.82 Å². The topological polar surface area (TPSA) is 17.8 Å². The van der Waals surface area contributed by atoms with E-state index < -0.39 is 0 Å². The van der Waals surface area contributed by atoms with Gasteiger partial charge in [0.05, 0.1) is 0 Å². The molecule has 0 aliphatic carbocycles. The second kappa shape index (κ2) is 3.76. The Labute approximate surface area is 86.3 Å². The summed E-state index contributed by atoms with van der Waals surface area (Å²) in [7, 11) is 0. The minimum atomic E-state index is 0.801. The Kier molecular flexibility index (Phi) is 2.62. The molecule has 1 aliphatic rings. The van der Waals surface area contributed by atoms with Gasteiger partial charge >= 0.3 is 0 Å². The molecule has 0 saturated carbocycles. The van der Waals surface area contributed by atoms with E-state index in [1.807, 2.05) is 0 Å². The Morgan fingerprint density at radius 3 is 3.00 bits per heavy atom. The first-order valence-corrected chi connectivity index (χ1v) is 5.75. The minimum absolute atomic E-state index is 0.801. The van der Waals surface area contributed by atoms with Crippen LogP contribution in [0.3, 0.4) is 0 Å². The minimum Gasteiger partial charge on any atom is -0.332 e. The average molecular weight is 192 g/mol. The van der Waals surface area contributed by atoms with Crippen LogP contribution in [-0.2, 0) is 19.4 Å². The number of imidazole rings is 1. The molecule has 0 radical (unpaired) electrons. The van der Waals surface area contributed by atoms with Gasteiger partial charge in [0, 0.05) is 24.9 Å². The van der Waals surface area contributed by atoms with Gasteiger partial charge in [-0.15, -0.1) is 0 Å². The number of nitrogens with zero attached hydrogens (tertiary/aromatic N) is 2. The van der Waals surface area contributed by atoms with E-state index in [2.05, 4.69) is 36.5 Å². The van der Waals surface area contributed by atoms with Crippen LogP contribution in [0.2, 0.25) is 0 Å². The summed E-state index contributed by atoms with van der Waals surface area (Å²) in [6.07, 6.45) is 5.68. The fourth-order valence-corrected chi connectivity index (χ4v) is 2.36. The fourth-order valence-electron chi connectivity index (χ4n) is 2.36. The van der Waals surface area contributed by atoms with Crippen molar-refractivity contribution < 1.29 is 0 Å². The van der Waals surface area contributed by atoms with E-state index in [9.17, 15) is 0 Å².